The van der Waals surface area contributed by atoms with Gasteiger partial charge in [0.1, 0.15) is 17.2 Å². The predicted molar refractivity (Wildman–Crippen MR) is 103 cm³/mol. The van der Waals surface area contributed by atoms with E-state index in [1.165, 1.54) is 6.21 Å². The number of benzene rings is 2. The zero-order valence-corrected chi connectivity index (χ0v) is 15.3. The van der Waals surface area contributed by atoms with E-state index in [1.807, 2.05) is 38.1 Å². The summed E-state index contributed by atoms with van der Waals surface area (Å²) in [6.45, 7) is 3.62. The molecule has 0 fully saturated rings. The molecular weight excluding hydrogens is 344 g/mol. The van der Waals surface area contributed by atoms with Gasteiger partial charge in [-0.15, -0.1) is 0 Å². The number of ether oxygens (including phenoxy) is 1. The van der Waals surface area contributed by atoms with Gasteiger partial charge in [0.05, 0.1) is 19.0 Å². The fraction of sp³-hybridized carbons (Fsp3) is 0.150. The van der Waals surface area contributed by atoms with Crippen LogP contribution in [0.1, 0.15) is 27.2 Å². The van der Waals surface area contributed by atoms with Crippen LogP contribution in [0.2, 0.25) is 0 Å². The van der Waals surface area contributed by atoms with Crippen molar-refractivity contribution in [3.05, 3.63) is 64.8 Å². The van der Waals surface area contributed by atoms with Crippen molar-refractivity contribution in [2.45, 2.75) is 13.8 Å². The maximum Gasteiger partial charge on any atom is 0.289 e. The molecule has 0 radical (unpaired) electrons. The maximum absolute atomic E-state index is 12.3. The van der Waals surface area contributed by atoms with Crippen LogP contribution in [-0.4, -0.2) is 34.5 Å². The third kappa shape index (κ3) is 3.98. The normalized spacial score (nSPS) is 10.9. The summed E-state index contributed by atoms with van der Waals surface area (Å²) >= 11 is 0. The fourth-order valence-corrected chi connectivity index (χ4v) is 2.72. The predicted octanol–water partition coefficient (Wildman–Crippen LogP) is 3.17. The molecule has 0 bridgehead atoms. The molecule has 1 amide bonds. The summed E-state index contributed by atoms with van der Waals surface area (Å²) < 4.78 is 5.32. The number of hydrogen-bond acceptors (Lipinski definition) is 5. The van der Waals surface area contributed by atoms with Crippen LogP contribution < -0.4 is 10.2 Å². The van der Waals surface area contributed by atoms with Crippen molar-refractivity contribution in [2.24, 2.45) is 5.10 Å². The molecule has 0 atom stereocenters. The third-order valence-electron chi connectivity index (χ3n) is 4.10. The minimum atomic E-state index is -0.410. The minimum Gasteiger partial charge on any atom is -0.507 e. The molecule has 0 saturated heterocycles. The van der Waals surface area contributed by atoms with E-state index in [0.29, 0.717) is 11.4 Å². The second-order valence-corrected chi connectivity index (χ2v) is 6.07. The largest absolute Gasteiger partial charge is 0.507 e. The van der Waals surface area contributed by atoms with Crippen molar-refractivity contribution in [2.75, 3.05) is 7.11 Å². The molecular formula is C20H20N4O3. The number of carbonyl (C=O) groups excluding carboxylic acids is 1. The smallest absolute Gasteiger partial charge is 0.289 e. The number of hydrogen-bond donors (Lipinski definition) is 3. The van der Waals surface area contributed by atoms with Gasteiger partial charge in [0.2, 0.25) is 0 Å². The summed E-state index contributed by atoms with van der Waals surface area (Å²) in [5.41, 5.74) is 6.41. The number of H-pyrrole nitrogens is 1. The average Bonchev–Trinajstić information content (AvgIpc) is 3.16. The molecule has 3 aromatic rings. The summed E-state index contributed by atoms with van der Waals surface area (Å²) in [5, 5.41) is 20.6. The van der Waals surface area contributed by atoms with Crippen molar-refractivity contribution in [3.8, 4) is 22.8 Å². The first kappa shape index (κ1) is 18.2. The minimum absolute atomic E-state index is 0.262. The molecule has 27 heavy (non-hydrogen) atoms. The van der Waals surface area contributed by atoms with Gasteiger partial charge in [-0.25, -0.2) is 5.43 Å². The fourth-order valence-electron chi connectivity index (χ4n) is 2.72. The Bertz CT molecular complexity index is 985. The Labute approximate surface area is 156 Å². The summed E-state index contributed by atoms with van der Waals surface area (Å²) in [5.74, 6) is 0.525. The van der Waals surface area contributed by atoms with E-state index in [2.05, 4.69) is 20.7 Å². The van der Waals surface area contributed by atoms with Crippen LogP contribution in [0.15, 0.2) is 47.6 Å². The van der Waals surface area contributed by atoms with Crippen LogP contribution in [0.3, 0.4) is 0 Å². The Kier molecular flexibility index (Phi) is 5.21. The molecule has 0 aliphatic heterocycles. The zero-order chi connectivity index (χ0) is 19.4. The lowest BCUT2D eigenvalue weighted by Crippen LogP contribution is -2.18. The van der Waals surface area contributed by atoms with Crippen LogP contribution in [0.4, 0.5) is 0 Å². The number of nitrogens with one attached hydrogen (secondary N) is 2. The standard InChI is InChI=1S/C20H20N4O3/c1-12-8-14(9-13(2)19(12)25)11-21-24-20(26)17-10-16(22-23-17)15-6-4-5-7-18(15)27-3/h4-11,25H,1-3H3,(H,22,23)(H,24,26). The summed E-state index contributed by atoms with van der Waals surface area (Å²) in [4.78, 5) is 12.3. The molecule has 0 aliphatic carbocycles. The number of amides is 1. The molecule has 0 spiro atoms. The molecule has 1 heterocycles. The molecule has 0 aliphatic rings. The zero-order valence-electron chi connectivity index (χ0n) is 15.3. The lowest BCUT2D eigenvalue weighted by atomic mass is 10.1. The summed E-state index contributed by atoms with van der Waals surface area (Å²) in [6, 6.07) is 12.6. The Morgan fingerprint density at radius 1 is 1.22 bits per heavy atom. The van der Waals surface area contributed by atoms with Gasteiger partial charge in [-0.05, 0) is 60.9 Å². The van der Waals surface area contributed by atoms with Crippen molar-refractivity contribution in [3.63, 3.8) is 0 Å². The highest BCUT2D eigenvalue weighted by Gasteiger charge is 2.13. The Hall–Kier alpha value is -3.61. The van der Waals surface area contributed by atoms with Gasteiger partial charge in [-0.3, -0.25) is 9.89 Å². The van der Waals surface area contributed by atoms with Crippen molar-refractivity contribution in [1.82, 2.24) is 15.6 Å². The second-order valence-electron chi connectivity index (χ2n) is 6.07. The third-order valence-corrected chi connectivity index (χ3v) is 4.10. The van der Waals surface area contributed by atoms with Gasteiger partial charge in [0.15, 0.2) is 0 Å². The second kappa shape index (κ2) is 7.74. The first-order valence-corrected chi connectivity index (χ1v) is 8.32. The molecule has 7 heteroatoms. The Morgan fingerprint density at radius 2 is 1.93 bits per heavy atom. The molecule has 138 valence electrons. The van der Waals surface area contributed by atoms with Crippen LogP contribution >= 0.6 is 0 Å². The van der Waals surface area contributed by atoms with Crippen molar-refractivity contribution in [1.29, 1.82) is 0 Å². The number of aromatic nitrogens is 2. The maximum atomic E-state index is 12.3. The van der Waals surface area contributed by atoms with E-state index < -0.39 is 5.91 Å². The van der Waals surface area contributed by atoms with Crippen molar-refractivity contribution >= 4 is 12.1 Å². The molecule has 7 nitrogen and oxygen atoms in total. The van der Waals surface area contributed by atoms with E-state index in [9.17, 15) is 9.90 Å². The lowest BCUT2D eigenvalue weighted by Gasteiger charge is -2.04. The van der Waals surface area contributed by atoms with E-state index >= 15 is 0 Å². The number of aryl methyl sites for hydroxylation is 2. The average molecular weight is 364 g/mol. The van der Waals surface area contributed by atoms with Gasteiger partial charge in [-0.2, -0.15) is 10.2 Å². The first-order chi connectivity index (χ1) is 13.0. The highest BCUT2D eigenvalue weighted by Crippen LogP contribution is 2.28. The summed E-state index contributed by atoms with van der Waals surface area (Å²) in [6.07, 6.45) is 1.52. The molecule has 1 aromatic heterocycles. The highest BCUT2D eigenvalue weighted by atomic mass is 16.5. The van der Waals surface area contributed by atoms with Crippen LogP contribution in [0.25, 0.3) is 11.3 Å². The number of carbonyl (C=O) groups is 1. The number of nitrogens with zero attached hydrogens (tertiary/aromatic N) is 2. The molecule has 3 rings (SSSR count). The Morgan fingerprint density at radius 3 is 2.63 bits per heavy atom. The van der Waals surface area contributed by atoms with Gasteiger partial charge in [0, 0.05) is 5.56 Å². The van der Waals surface area contributed by atoms with E-state index in [-0.39, 0.29) is 11.4 Å². The number of phenols is 1. The number of aromatic hydroxyl groups is 1. The number of methoxy groups -OCH3 is 1. The van der Waals surface area contributed by atoms with Crippen molar-refractivity contribution < 1.29 is 14.6 Å². The lowest BCUT2D eigenvalue weighted by molar-refractivity contribution is 0.0950. The van der Waals surface area contributed by atoms with Gasteiger partial charge >= 0.3 is 0 Å². The SMILES string of the molecule is COc1ccccc1-c1cc(C(=O)NN=Cc2cc(C)c(O)c(C)c2)[nH]n1. The van der Waals surface area contributed by atoms with Gasteiger partial charge in [0.25, 0.3) is 5.91 Å². The van der Waals surface area contributed by atoms with E-state index in [1.54, 1.807) is 25.3 Å². The summed E-state index contributed by atoms with van der Waals surface area (Å²) in [7, 11) is 1.58. The number of aromatic amines is 1. The van der Waals surface area contributed by atoms with Crippen LogP contribution in [-0.2, 0) is 0 Å². The number of phenolic OH excluding ortho intramolecular Hbond substituents is 1. The number of rotatable bonds is 5. The molecule has 3 N–H and O–H groups in total. The quantitative estimate of drug-likeness (QED) is 0.478. The van der Waals surface area contributed by atoms with Gasteiger partial charge in [-0.1, -0.05) is 12.1 Å². The molecule has 0 saturated carbocycles. The van der Waals surface area contributed by atoms with Gasteiger partial charge < -0.3 is 9.84 Å². The highest BCUT2D eigenvalue weighted by molar-refractivity contribution is 5.94. The van der Waals surface area contributed by atoms with E-state index in [4.69, 9.17) is 4.74 Å². The monoisotopic (exact) mass is 364 g/mol. The van der Waals surface area contributed by atoms with Crippen LogP contribution in [0.5, 0.6) is 11.5 Å². The van der Waals surface area contributed by atoms with E-state index in [0.717, 1.165) is 22.3 Å². The Balaban J connectivity index is 1.71. The first-order valence-electron chi connectivity index (χ1n) is 8.32. The number of hydrazone groups is 1. The molecule has 0 unspecified atom stereocenters. The molecule has 2 aromatic carbocycles. The van der Waals surface area contributed by atoms with Crippen LogP contribution in [0, 0.1) is 13.8 Å². The number of para-hydroxylation sites is 1. The topological polar surface area (TPSA) is 99.6 Å².